The van der Waals surface area contributed by atoms with Crippen molar-refractivity contribution >= 4 is 17.4 Å². The average molecular weight is 283 g/mol. The first-order valence-electron chi connectivity index (χ1n) is 6.75. The Balaban J connectivity index is 2.10. The van der Waals surface area contributed by atoms with E-state index in [1.807, 2.05) is 13.0 Å². The molecule has 2 aromatic rings. The van der Waals surface area contributed by atoms with E-state index in [4.69, 9.17) is 4.74 Å². The van der Waals surface area contributed by atoms with Gasteiger partial charge in [0.15, 0.2) is 5.78 Å². The van der Waals surface area contributed by atoms with Gasteiger partial charge in [-0.25, -0.2) is 0 Å². The Kier molecular flexibility index (Phi) is 4.72. The van der Waals surface area contributed by atoms with E-state index in [9.17, 15) is 9.59 Å². The summed E-state index contributed by atoms with van der Waals surface area (Å²) in [6.45, 7) is 3.95. The Hall–Kier alpha value is -2.62. The number of ketones is 1. The van der Waals surface area contributed by atoms with Crippen LogP contribution in [0.25, 0.3) is 0 Å². The standard InChI is InChI=1S/C17H17NO3/c1-3-21-16-6-4-5-14(11-16)17(20)18-15-9-7-13(8-10-15)12(2)19/h4-11H,3H2,1-2H3,(H,18,20). The highest BCUT2D eigenvalue weighted by atomic mass is 16.5. The molecule has 4 nitrogen and oxygen atoms in total. The van der Waals surface area contributed by atoms with Crippen molar-refractivity contribution in [2.75, 3.05) is 11.9 Å². The van der Waals surface area contributed by atoms with Gasteiger partial charge in [-0.05, 0) is 56.3 Å². The number of hydrogen-bond donors (Lipinski definition) is 1. The zero-order valence-corrected chi connectivity index (χ0v) is 12.1. The van der Waals surface area contributed by atoms with Crippen molar-refractivity contribution in [2.24, 2.45) is 0 Å². The van der Waals surface area contributed by atoms with Crippen LogP contribution in [0.5, 0.6) is 5.75 Å². The maximum absolute atomic E-state index is 12.2. The summed E-state index contributed by atoms with van der Waals surface area (Å²) in [5, 5.41) is 2.79. The maximum Gasteiger partial charge on any atom is 0.255 e. The molecule has 1 amide bonds. The number of amides is 1. The fourth-order valence-electron chi connectivity index (χ4n) is 1.89. The lowest BCUT2D eigenvalue weighted by Crippen LogP contribution is -2.12. The molecule has 0 saturated heterocycles. The number of anilines is 1. The van der Waals surface area contributed by atoms with Gasteiger partial charge >= 0.3 is 0 Å². The monoisotopic (exact) mass is 283 g/mol. The second-order valence-corrected chi connectivity index (χ2v) is 4.55. The lowest BCUT2D eigenvalue weighted by molar-refractivity contribution is 0.101. The molecule has 0 aliphatic rings. The van der Waals surface area contributed by atoms with Crippen LogP contribution in [0.2, 0.25) is 0 Å². The number of carbonyl (C=O) groups is 2. The quantitative estimate of drug-likeness (QED) is 0.854. The first kappa shape index (κ1) is 14.8. The summed E-state index contributed by atoms with van der Waals surface area (Å²) in [5.41, 5.74) is 1.79. The molecular formula is C17H17NO3. The number of rotatable bonds is 5. The number of benzene rings is 2. The summed E-state index contributed by atoms with van der Waals surface area (Å²) < 4.78 is 5.37. The van der Waals surface area contributed by atoms with Crippen LogP contribution in [-0.2, 0) is 0 Å². The zero-order chi connectivity index (χ0) is 15.2. The molecule has 0 atom stereocenters. The lowest BCUT2D eigenvalue weighted by Gasteiger charge is -2.08. The van der Waals surface area contributed by atoms with E-state index >= 15 is 0 Å². The fraction of sp³-hybridized carbons (Fsp3) is 0.176. The van der Waals surface area contributed by atoms with Gasteiger partial charge in [0.25, 0.3) is 5.91 Å². The topological polar surface area (TPSA) is 55.4 Å². The largest absolute Gasteiger partial charge is 0.494 e. The van der Waals surface area contributed by atoms with Crippen LogP contribution in [0.3, 0.4) is 0 Å². The average Bonchev–Trinajstić information content (AvgIpc) is 2.48. The molecule has 0 bridgehead atoms. The van der Waals surface area contributed by atoms with Crippen LogP contribution in [0.1, 0.15) is 34.6 Å². The summed E-state index contributed by atoms with van der Waals surface area (Å²) in [6, 6.07) is 13.8. The van der Waals surface area contributed by atoms with Crippen molar-refractivity contribution in [1.29, 1.82) is 0 Å². The van der Waals surface area contributed by atoms with Gasteiger partial charge in [0.2, 0.25) is 0 Å². The molecule has 21 heavy (non-hydrogen) atoms. The third-order valence-electron chi connectivity index (χ3n) is 2.96. The second kappa shape index (κ2) is 6.70. The zero-order valence-electron chi connectivity index (χ0n) is 12.1. The van der Waals surface area contributed by atoms with Crippen molar-refractivity contribution in [3.8, 4) is 5.75 Å². The van der Waals surface area contributed by atoms with Crippen molar-refractivity contribution in [1.82, 2.24) is 0 Å². The molecule has 2 aromatic carbocycles. The van der Waals surface area contributed by atoms with Crippen LogP contribution < -0.4 is 10.1 Å². The molecule has 0 heterocycles. The molecule has 0 aliphatic heterocycles. The highest BCUT2D eigenvalue weighted by Gasteiger charge is 2.07. The number of ether oxygens (including phenoxy) is 1. The summed E-state index contributed by atoms with van der Waals surface area (Å²) in [7, 11) is 0. The number of Topliss-reactive ketones (excluding diaryl/α,β-unsaturated/α-hetero) is 1. The highest BCUT2D eigenvalue weighted by Crippen LogP contribution is 2.16. The van der Waals surface area contributed by atoms with Crippen LogP contribution in [0.15, 0.2) is 48.5 Å². The molecule has 0 fully saturated rings. The predicted octanol–water partition coefficient (Wildman–Crippen LogP) is 3.54. The molecule has 0 aromatic heterocycles. The Morgan fingerprint density at radius 1 is 1.05 bits per heavy atom. The van der Waals surface area contributed by atoms with Crippen molar-refractivity contribution < 1.29 is 14.3 Å². The first-order valence-corrected chi connectivity index (χ1v) is 6.75. The Bertz CT molecular complexity index is 647. The van der Waals surface area contributed by atoms with Crippen LogP contribution >= 0.6 is 0 Å². The van der Waals surface area contributed by atoms with E-state index < -0.39 is 0 Å². The van der Waals surface area contributed by atoms with Gasteiger partial charge in [-0.3, -0.25) is 9.59 Å². The molecule has 108 valence electrons. The van der Waals surface area contributed by atoms with E-state index in [0.29, 0.717) is 29.2 Å². The molecule has 0 spiro atoms. The van der Waals surface area contributed by atoms with E-state index in [-0.39, 0.29) is 11.7 Å². The van der Waals surface area contributed by atoms with Crippen LogP contribution in [0.4, 0.5) is 5.69 Å². The number of carbonyl (C=O) groups excluding carboxylic acids is 2. The minimum absolute atomic E-state index is 0.00251. The summed E-state index contributed by atoms with van der Waals surface area (Å²) in [5.74, 6) is 0.446. The highest BCUT2D eigenvalue weighted by molar-refractivity contribution is 6.04. The molecule has 0 aliphatic carbocycles. The third-order valence-corrected chi connectivity index (χ3v) is 2.96. The molecular weight excluding hydrogens is 266 g/mol. The molecule has 0 unspecified atom stereocenters. The second-order valence-electron chi connectivity index (χ2n) is 4.55. The minimum Gasteiger partial charge on any atom is -0.494 e. The van der Waals surface area contributed by atoms with Crippen molar-refractivity contribution in [3.05, 3.63) is 59.7 Å². The van der Waals surface area contributed by atoms with E-state index in [1.165, 1.54) is 6.92 Å². The van der Waals surface area contributed by atoms with Gasteiger partial charge in [-0.1, -0.05) is 6.07 Å². The molecule has 2 rings (SSSR count). The number of nitrogens with one attached hydrogen (secondary N) is 1. The van der Waals surface area contributed by atoms with E-state index in [0.717, 1.165) is 0 Å². The third kappa shape index (κ3) is 3.92. The molecule has 1 N–H and O–H groups in total. The Morgan fingerprint density at radius 2 is 1.76 bits per heavy atom. The van der Waals surface area contributed by atoms with E-state index in [1.54, 1.807) is 42.5 Å². The Labute approximate surface area is 123 Å². The summed E-state index contributed by atoms with van der Waals surface area (Å²) in [4.78, 5) is 23.4. The number of hydrogen-bond acceptors (Lipinski definition) is 3. The Morgan fingerprint density at radius 3 is 2.38 bits per heavy atom. The maximum atomic E-state index is 12.2. The smallest absolute Gasteiger partial charge is 0.255 e. The molecule has 4 heteroatoms. The van der Waals surface area contributed by atoms with Crippen LogP contribution in [0, 0.1) is 0 Å². The predicted molar refractivity (Wildman–Crippen MR) is 82.0 cm³/mol. The fourth-order valence-corrected chi connectivity index (χ4v) is 1.89. The van der Waals surface area contributed by atoms with Crippen molar-refractivity contribution in [2.45, 2.75) is 13.8 Å². The molecule has 0 radical (unpaired) electrons. The SMILES string of the molecule is CCOc1cccc(C(=O)Nc2ccc(C(C)=O)cc2)c1. The summed E-state index contributed by atoms with van der Waals surface area (Å²) in [6.07, 6.45) is 0. The van der Waals surface area contributed by atoms with Gasteiger partial charge in [0.05, 0.1) is 6.61 Å². The normalized spacial score (nSPS) is 10.0. The van der Waals surface area contributed by atoms with Gasteiger partial charge in [0.1, 0.15) is 5.75 Å². The lowest BCUT2D eigenvalue weighted by atomic mass is 10.1. The van der Waals surface area contributed by atoms with Gasteiger partial charge < -0.3 is 10.1 Å². The van der Waals surface area contributed by atoms with Gasteiger partial charge in [0, 0.05) is 16.8 Å². The minimum atomic E-state index is -0.216. The van der Waals surface area contributed by atoms with Crippen LogP contribution in [-0.4, -0.2) is 18.3 Å². The van der Waals surface area contributed by atoms with E-state index in [2.05, 4.69) is 5.32 Å². The van der Waals surface area contributed by atoms with Gasteiger partial charge in [-0.15, -0.1) is 0 Å². The first-order chi connectivity index (χ1) is 10.1. The molecule has 0 saturated carbocycles. The van der Waals surface area contributed by atoms with Crippen molar-refractivity contribution in [3.63, 3.8) is 0 Å². The van der Waals surface area contributed by atoms with Gasteiger partial charge in [-0.2, -0.15) is 0 Å². The summed E-state index contributed by atoms with van der Waals surface area (Å²) >= 11 is 0.